The van der Waals surface area contributed by atoms with Crippen molar-refractivity contribution < 1.29 is 4.79 Å². The zero-order valence-corrected chi connectivity index (χ0v) is 11.7. The lowest BCUT2D eigenvalue weighted by Gasteiger charge is -2.35. The number of amides is 1. The van der Waals surface area contributed by atoms with Gasteiger partial charge in [0.25, 0.3) is 0 Å². The van der Waals surface area contributed by atoms with Crippen molar-refractivity contribution >= 4 is 5.91 Å². The minimum atomic E-state index is -0.0649. The van der Waals surface area contributed by atoms with E-state index < -0.39 is 0 Å². The fourth-order valence-corrected chi connectivity index (χ4v) is 2.35. The van der Waals surface area contributed by atoms with Crippen molar-refractivity contribution in [3.05, 3.63) is 18.0 Å². The maximum absolute atomic E-state index is 12.0. The number of aryl methyl sites for hydroxylation is 1. The van der Waals surface area contributed by atoms with Gasteiger partial charge in [-0.2, -0.15) is 5.10 Å². The molecule has 106 valence electrons. The normalized spacial score (nSPS) is 18.6. The summed E-state index contributed by atoms with van der Waals surface area (Å²) in [6.45, 7) is 6.64. The van der Waals surface area contributed by atoms with Gasteiger partial charge in [0.2, 0.25) is 5.91 Å². The second-order valence-corrected chi connectivity index (χ2v) is 5.26. The maximum atomic E-state index is 12.0. The highest BCUT2D eigenvalue weighted by molar-refractivity contribution is 5.78. The summed E-state index contributed by atoms with van der Waals surface area (Å²) in [6.07, 6.45) is 3.93. The summed E-state index contributed by atoms with van der Waals surface area (Å²) in [5, 5.41) is 4.17. The third kappa shape index (κ3) is 3.54. The quantitative estimate of drug-likeness (QED) is 0.809. The van der Waals surface area contributed by atoms with E-state index in [2.05, 4.69) is 10.00 Å². The zero-order valence-electron chi connectivity index (χ0n) is 11.7. The lowest BCUT2D eigenvalue weighted by atomic mass is 10.1. The first-order chi connectivity index (χ1) is 9.10. The predicted octanol–water partition coefficient (Wildman–Crippen LogP) is -0.341. The maximum Gasteiger partial charge on any atom is 0.226 e. The van der Waals surface area contributed by atoms with Crippen LogP contribution in [0.1, 0.15) is 12.5 Å². The smallest absolute Gasteiger partial charge is 0.226 e. The van der Waals surface area contributed by atoms with Crippen LogP contribution in [0, 0.1) is 5.92 Å². The molecule has 2 heterocycles. The summed E-state index contributed by atoms with van der Waals surface area (Å²) in [5.41, 5.74) is 6.76. The van der Waals surface area contributed by atoms with Gasteiger partial charge in [-0.05, 0) is 0 Å². The Hall–Kier alpha value is -1.40. The lowest BCUT2D eigenvalue weighted by molar-refractivity contribution is -0.136. The van der Waals surface area contributed by atoms with Gasteiger partial charge in [-0.15, -0.1) is 0 Å². The molecule has 0 radical (unpaired) electrons. The molecule has 1 aromatic rings. The highest BCUT2D eigenvalue weighted by Crippen LogP contribution is 2.10. The number of piperazine rings is 1. The summed E-state index contributed by atoms with van der Waals surface area (Å²) in [4.78, 5) is 16.3. The molecule has 1 atom stereocenters. The molecule has 1 saturated heterocycles. The summed E-state index contributed by atoms with van der Waals surface area (Å²) in [7, 11) is 1.92. The molecule has 1 aliphatic rings. The van der Waals surface area contributed by atoms with Crippen molar-refractivity contribution in [1.29, 1.82) is 0 Å². The summed E-state index contributed by atoms with van der Waals surface area (Å²) in [5.74, 6) is 0.119. The van der Waals surface area contributed by atoms with Crippen molar-refractivity contribution in [2.45, 2.75) is 13.5 Å². The van der Waals surface area contributed by atoms with Crippen molar-refractivity contribution in [2.24, 2.45) is 18.7 Å². The van der Waals surface area contributed by atoms with Crippen molar-refractivity contribution in [3.63, 3.8) is 0 Å². The number of rotatable bonds is 4. The third-order valence-electron chi connectivity index (χ3n) is 3.62. The fourth-order valence-electron chi connectivity index (χ4n) is 2.35. The SMILES string of the molecule is CC(CN)C(=O)N1CCN(Cc2cnn(C)c2)CC1. The van der Waals surface area contributed by atoms with Crippen LogP contribution < -0.4 is 5.73 Å². The van der Waals surface area contributed by atoms with Crippen LogP contribution in [0.4, 0.5) is 0 Å². The molecule has 1 aliphatic heterocycles. The van der Waals surface area contributed by atoms with Gasteiger partial charge in [0.15, 0.2) is 0 Å². The molecular formula is C13H23N5O. The van der Waals surface area contributed by atoms with E-state index in [9.17, 15) is 4.79 Å². The largest absolute Gasteiger partial charge is 0.340 e. The van der Waals surface area contributed by atoms with E-state index in [0.29, 0.717) is 6.54 Å². The Morgan fingerprint density at radius 3 is 2.63 bits per heavy atom. The molecule has 6 heteroatoms. The Morgan fingerprint density at radius 1 is 1.42 bits per heavy atom. The molecule has 1 unspecified atom stereocenters. The number of hydrogen-bond donors (Lipinski definition) is 1. The Kier molecular flexibility index (Phi) is 4.55. The van der Waals surface area contributed by atoms with Gasteiger partial charge in [-0.3, -0.25) is 14.4 Å². The molecule has 0 bridgehead atoms. The Morgan fingerprint density at radius 2 is 2.11 bits per heavy atom. The molecule has 2 rings (SSSR count). The zero-order chi connectivity index (χ0) is 13.8. The van der Waals surface area contributed by atoms with E-state index in [4.69, 9.17) is 5.73 Å². The van der Waals surface area contributed by atoms with Gasteiger partial charge in [0.1, 0.15) is 0 Å². The van der Waals surface area contributed by atoms with Gasteiger partial charge >= 0.3 is 0 Å². The Bertz CT molecular complexity index is 422. The second kappa shape index (κ2) is 6.16. The van der Waals surface area contributed by atoms with E-state index in [0.717, 1.165) is 32.7 Å². The fraction of sp³-hybridized carbons (Fsp3) is 0.692. The van der Waals surface area contributed by atoms with Gasteiger partial charge in [0.05, 0.1) is 6.20 Å². The third-order valence-corrected chi connectivity index (χ3v) is 3.62. The van der Waals surface area contributed by atoms with Crippen LogP contribution in [-0.4, -0.2) is 58.2 Å². The van der Waals surface area contributed by atoms with Crippen LogP contribution in [0.15, 0.2) is 12.4 Å². The van der Waals surface area contributed by atoms with Crippen LogP contribution in [-0.2, 0) is 18.4 Å². The van der Waals surface area contributed by atoms with Gasteiger partial charge in [-0.25, -0.2) is 0 Å². The van der Waals surface area contributed by atoms with Crippen LogP contribution in [0.3, 0.4) is 0 Å². The van der Waals surface area contributed by atoms with Crippen LogP contribution in [0.2, 0.25) is 0 Å². The molecule has 0 aromatic carbocycles. The number of nitrogens with zero attached hydrogens (tertiary/aromatic N) is 4. The number of carbonyl (C=O) groups excluding carboxylic acids is 1. The molecule has 0 aliphatic carbocycles. The van der Waals surface area contributed by atoms with Crippen LogP contribution >= 0.6 is 0 Å². The molecular weight excluding hydrogens is 242 g/mol. The molecule has 0 spiro atoms. The van der Waals surface area contributed by atoms with Gasteiger partial charge < -0.3 is 10.6 Å². The topological polar surface area (TPSA) is 67.4 Å². The van der Waals surface area contributed by atoms with Crippen molar-refractivity contribution in [2.75, 3.05) is 32.7 Å². The van der Waals surface area contributed by atoms with Crippen molar-refractivity contribution in [3.8, 4) is 0 Å². The molecule has 6 nitrogen and oxygen atoms in total. The van der Waals surface area contributed by atoms with E-state index in [1.807, 2.05) is 35.9 Å². The lowest BCUT2D eigenvalue weighted by Crippen LogP contribution is -2.50. The number of nitrogens with two attached hydrogens (primary N) is 1. The molecule has 1 amide bonds. The van der Waals surface area contributed by atoms with E-state index >= 15 is 0 Å². The molecule has 2 N–H and O–H groups in total. The standard InChI is InChI=1S/C13H23N5O/c1-11(7-14)13(19)18-5-3-17(4-6-18)10-12-8-15-16(2)9-12/h8-9,11H,3-7,10,14H2,1-2H3. The molecule has 19 heavy (non-hydrogen) atoms. The predicted molar refractivity (Wildman–Crippen MR) is 73.3 cm³/mol. The number of aromatic nitrogens is 2. The highest BCUT2D eigenvalue weighted by atomic mass is 16.2. The van der Waals surface area contributed by atoms with Crippen LogP contribution in [0.5, 0.6) is 0 Å². The van der Waals surface area contributed by atoms with E-state index in [1.54, 1.807) is 0 Å². The van der Waals surface area contributed by atoms with Crippen molar-refractivity contribution in [1.82, 2.24) is 19.6 Å². The van der Waals surface area contributed by atoms with E-state index in [1.165, 1.54) is 5.56 Å². The highest BCUT2D eigenvalue weighted by Gasteiger charge is 2.24. The number of hydrogen-bond acceptors (Lipinski definition) is 4. The number of carbonyl (C=O) groups is 1. The minimum Gasteiger partial charge on any atom is -0.340 e. The summed E-state index contributed by atoms with van der Waals surface area (Å²) >= 11 is 0. The molecule has 1 fully saturated rings. The Labute approximate surface area is 114 Å². The summed E-state index contributed by atoms with van der Waals surface area (Å²) < 4.78 is 1.82. The van der Waals surface area contributed by atoms with Gasteiger partial charge in [-0.1, -0.05) is 6.92 Å². The van der Waals surface area contributed by atoms with Crippen LogP contribution in [0.25, 0.3) is 0 Å². The second-order valence-electron chi connectivity index (χ2n) is 5.26. The first-order valence-electron chi connectivity index (χ1n) is 6.79. The summed E-state index contributed by atoms with van der Waals surface area (Å²) in [6, 6.07) is 0. The first kappa shape index (κ1) is 14.0. The van der Waals surface area contributed by atoms with E-state index in [-0.39, 0.29) is 11.8 Å². The molecule has 1 aromatic heterocycles. The average molecular weight is 265 g/mol. The average Bonchev–Trinajstić information content (AvgIpc) is 2.83. The Balaban J connectivity index is 1.81. The monoisotopic (exact) mass is 265 g/mol. The first-order valence-corrected chi connectivity index (χ1v) is 6.79. The van der Waals surface area contributed by atoms with Gasteiger partial charge in [0, 0.05) is 64.0 Å². The minimum absolute atomic E-state index is 0.0649. The molecule has 0 saturated carbocycles.